The molecule has 1 aromatic carbocycles. The van der Waals surface area contributed by atoms with Crippen molar-refractivity contribution in [3.05, 3.63) is 47.8 Å². The number of rotatable bonds is 3. The second-order valence-corrected chi connectivity index (χ2v) is 7.92. The lowest BCUT2D eigenvalue weighted by molar-refractivity contribution is -0.138. The van der Waals surface area contributed by atoms with Crippen molar-refractivity contribution in [2.24, 2.45) is 0 Å². The molecule has 2 aliphatic rings. The molecule has 1 aliphatic carbocycles. The van der Waals surface area contributed by atoms with Gasteiger partial charge >= 0.3 is 6.18 Å². The topological polar surface area (TPSA) is 65.3 Å². The van der Waals surface area contributed by atoms with E-state index in [-0.39, 0.29) is 0 Å². The first-order valence-electron chi connectivity index (χ1n) is 10.8. The number of nitriles is 1. The molecule has 4 rings (SSSR count). The van der Waals surface area contributed by atoms with Gasteiger partial charge in [-0.15, -0.1) is 0 Å². The summed E-state index contributed by atoms with van der Waals surface area (Å²) in [5, 5.41) is 8.41. The van der Waals surface area contributed by atoms with Crippen LogP contribution in [-0.4, -0.2) is 54.2 Å². The highest BCUT2D eigenvalue weighted by atomic mass is 19.4. The molecule has 172 valence electrons. The third kappa shape index (κ3) is 6.57. The van der Waals surface area contributed by atoms with Crippen molar-refractivity contribution >= 4 is 5.95 Å². The fourth-order valence-corrected chi connectivity index (χ4v) is 4.03. The van der Waals surface area contributed by atoms with Crippen LogP contribution in [0.15, 0.2) is 36.7 Å². The summed E-state index contributed by atoms with van der Waals surface area (Å²) in [5.41, 5.74) is -0.141. The summed E-state index contributed by atoms with van der Waals surface area (Å²) < 4.78 is 42.5. The molecule has 0 N–H and O–H groups in total. The van der Waals surface area contributed by atoms with Crippen LogP contribution < -0.4 is 9.64 Å². The van der Waals surface area contributed by atoms with Crippen LogP contribution in [-0.2, 0) is 6.18 Å². The molecule has 0 bridgehead atoms. The Hall–Kier alpha value is -2.86. The number of halogens is 3. The molecule has 0 spiro atoms. The van der Waals surface area contributed by atoms with E-state index in [1.54, 1.807) is 31.4 Å². The Bertz CT molecular complexity index is 866. The van der Waals surface area contributed by atoms with E-state index in [1.165, 1.54) is 32.1 Å². The Morgan fingerprint density at radius 2 is 1.56 bits per heavy atom. The molecule has 0 atom stereocenters. The van der Waals surface area contributed by atoms with E-state index in [0.29, 0.717) is 17.6 Å². The molecule has 1 saturated heterocycles. The van der Waals surface area contributed by atoms with Crippen LogP contribution in [0, 0.1) is 11.3 Å². The zero-order chi connectivity index (χ0) is 23.0. The summed E-state index contributed by atoms with van der Waals surface area (Å²) in [6.45, 7) is 3.44. The van der Waals surface area contributed by atoms with Gasteiger partial charge in [-0.3, -0.25) is 4.90 Å². The van der Waals surface area contributed by atoms with E-state index in [9.17, 15) is 13.2 Å². The lowest BCUT2D eigenvalue weighted by Crippen LogP contribution is -2.51. The Balaban J connectivity index is 0.000000243. The average Bonchev–Trinajstić information content (AvgIpc) is 2.85. The third-order valence-electron chi connectivity index (χ3n) is 5.87. The zero-order valence-electron chi connectivity index (χ0n) is 18.2. The molecule has 1 saturated carbocycles. The Labute approximate surface area is 186 Å². The van der Waals surface area contributed by atoms with Gasteiger partial charge in [-0.25, -0.2) is 9.97 Å². The lowest BCUT2D eigenvalue weighted by Gasteiger charge is -2.40. The van der Waals surface area contributed by atoms with E-state index in [2.05, 4.69) is 14.9 Å². The first kappa shape index (κ1) is 23.8. The minimum Gasteiger partial charge on any atom is -0.497 e. The molecule has 0 radical (unpaired) electrons. The van der Waals surface area contributed by atoms with E-state index in [1.807, 2.05) is 11.0 Å². The quantitative estimate of drug-likeness (QED) is 0.690. The fraction of sp³-hybridized carbons (Fsp3) is 0.522. The van der Waals surface area contributed by atoms with Gasteiger partial charge in [0.25, 0.3) is 0 Å². The molecule has 6 nitrogen and oxygen atoms in total. The summed E-state index contributed by atoms with van der Waals surface area (Å²) in [6, 6.07) is 9.67. The maximum atomic E-state index is 12.5. The van der Waals surface area contributed by atoms with E-state index >= 15 is 0 Å². The van der Waals surface area contributed by atoms with Gasteiger partial charge in [-0.2, -0.15) is 18.4 Å². The number of aromatic nitrogens is 2. The number of piperazine rings is 1. The standard InChI is InChI=1S/C15H21F3N4.C8H7NO/c16-15(17,18)12-10-19-14(20-11-12)22-8-6-21(7-9-22)13-4-2-1-3-5-13;1-10-8-4-2-7(6-9)3-5-8/h10-11,13H,1-9H2;2-5H,1H3. The van der Waals surface area contributed by atoms with Gasteiger partial charge in [0.15, 0.2) is 0 Å². The number of hydrogen-bond acceptors (Lipinski definition) is 6. The van der Waals surface area contributed by atoms with Gasteiger partial charge in [0.2, 0.25) is 5.95 Å². The number of nitrogens with zero attached hydrogens (tertiary/aromatic N) is 5. The maximum absolute atomic E-state index is 12.5. The van der Waals surface area contributed by atoms with Crippen molar-refractivity contribution in [2.75, 3.05) is 38.2 Å². The molecule has 1 aromatic heterocycles. The number of alkyl halides is 3. The third-order valence-corrected chi connectivity index (χ3v) is 5.87. The molecule has 2 heterocycles. The summed E-state index contributed by atoms with van der Waals surface area (Å²) in [6.07, 6.45) is 3.88. The van der Waals surface area contributed by atoms with E-state index < -0.39 is 11.7 Å². The van der Waals surface area contributed by atoms with Crippen LogP contribution in [0.5, 0.6) is 5.75 Å². The highest BCUT2D eigenvalue weighted by Crippen LogP contribution is 2.29. The predicted molar refractivity (Wildman–Crippen MR) is 115 cm³/mol. The number of benzene rings is 1. The molecule has 32 heavy (non-hydrogen) atoms. The SMILES string of the molecule is COc1ccc(C#N)cc1.FC(F)(F)c1cnc(N2CCN(C3CCCCC3)CC2)nc1. The van der Waals surface area contributed by atoms with Crippen LogP contribution in [0.4, 0.5) is 19.1 Å². The Kier molecular flexibility index (Phi) is 8.28. The van der Waals surface area contributed by atoms with Crippen molar-refractivity contribution in [3.8, 4) is 11.8 Å². The summed E-state index contributed by atoms with van der Waals surface area (Å²) in [5.74, 6) is 1.18. The molecular weight excluding hydrogens is 419 g/mol. The van der Waals surface area contributed by atoms with Gasteiger partial charge in [-0.1, -0.05) is 19.3 Å². The van der Waals surface area contributed by atoms with Crippen molar-refractivity contribution in [3.63, 3.8) is 0 Å². The van der Waals surface area contributed by atoms with Crippen molar-refractivity contribution in [1.29, 1.82) is 5.26 Å². The number of anilines is 1. The minimum absolute atomic E-state index is 0.399. The van der Waals surface area contributed by atoms with Crippen LogP contribution in [0.3, 0.4) is 0 Å². The predicted octanol–water partition coefficient (Wildman–Crippen LogP) is 4.52. The van der Waals surface area contributed by atoms with Crippen molar-refractivity contribution in [2.45, 2.75) is 44.3 Å². The van der Waals surface area contributed by atoms with Crippen molar-refractivity contribution in [1.82, 2.24) is 14.9 Å². The second-order valence-electron chi connectivity index (χ2n) is 7.92. The molecule has 9 heteroatoms. The average molecular weight is 448 g/mol. The first-order valence-corrected chi connectivity index (χ1v) is 10.8. The van der Waals surface area contributed by atoms with Gasteiger partial charge < -0.3 is 9.64 Å². The molecule has 2 fully saturated rings. The van der Waals surface area contributed by atoms with E-state index in [4.69, 9.17) is 10.00 Å². The first-order chi connectivity index (χ1) is 15.4. The molecular formula is C23H28F3N5O. The lowest BCUT2D eigenvalue weighted by atomic mass is 9.94. The highest BCUT2D eigenvalue weighted by Gasteiger charge is 2.32. The smallest absolute Gasteiger partial charge is 0.419 e. The van der Waals surface area contributed by atoms with Crippen LogP contribution >= 0.6 is 0 Å². The van der Waals surface area contributed by atoms with Crippen molar-refractivity contribution < 1.29 is 17.9 Å². The van der Waals surface area contributed by atoms with Gasteiger partial charge in [0.05, 0.1) is 24.3 Å². The number of ether oxygens (including phenoxy) is 1. The summed E-state index contributed by atoms with van der Waals surface area (Å²) >= 11 is 0. The van der Waals surface area contributed by atoms with E-state index in [0.717, 1.165) is 44.3 Å². The summed E-state index contributed by atoms with van der Waals surface area (Å²) in [4.78, 5) is 12.3. The van der Waals surface area contributed by atoms with Gasteiger partial charge in [0.1, 0.15) is 5.75 Å². The summed E-state index contributed by atoms with van der Waals surface area (Å²) in [7, 11) is 1.60. The highest BCUT2D eigenvalue weighted by molar-refractivity contribution is 5.34. The normalized spacial score (nSPS) is 17.8. The molecule has 0 unspecified atom stereocenters. The Morgan fingerprint density at radius 1 is 0.969 bits per heavy atom. The monoisotopic (exact) mass is 447 g/mol. The zero-order valence-corrected chi connectivity index (χ0v) is 18.2. The second kappa shape index (κ2) is 11.1. The fourth-order valence-electron chi connectivity index (χ4n) is 4.03. The van der Waals surface area contributed by atoms with Crippen LogP contribution in [0.25, 0.3) is 0 Å². The molecule has 0 amide bonds. The Morgan fingerprint density at radius 3 is 2.06 bits per heavy atom. The van der Waals surface area contributed by atoms with Crippen LogP contribution in [0.1, 0.15) is 43.2 Å². The molecule has 2 aromatic rings. The van der Waals surface area contributed by atoms with Crippen LogP contribution in [0.2, 0.25) is 0 Å². The maximum Gasteiger partial charge on any atom is 0.419 e. The number of methoxy groups -OCH3 is 1. The number of hydrogen-bond donors (Lipinski definition) is 0. The minimum atomic E-state index is -4.38. The van der Waals surface area contributed by atoms with Gasteiger partial charge in [0, 0.05) is 44.6 Å². The molecule has 1 aliphatic heterocycles. The van der Waals surface area contributed by atoms with Gasteiger partial charge in [-0.05, 0) is 37.1 Å². The largest absolute Gasteiger partial charge is 0.497 e.